The SMILES string of the molecule is C#CC(=O)N1[C@@H](c2ccc(C(C)(C)O)cc2)c2[nH]c3c(F)cc(F)cc3c2C[C@@H]1NCCCC. The van der Waals surface area contributed by atoms with Gasteiger partial charge in [-0.25, -0.2) is 8.78 Å². The number of H-pyrrole nitrogens is 1. The molecule has 5 nitrogen and oxygen atoms in total. The number of aromatic amines is 1. The fourth-order valence-electron chi connectivity index (χ4n) is 4.71. The smallest absolute Gasteiger partial charge is 0.300 e. The first-order valence-corrected chi connectivity index (χ1v) is 11.5. The predicted octanol–water partition coefficient (Wildman–Crippen LogP) is 4.50. The Morgan fingerprint density at radius 3 is 2.62 bits per heavy atom. The van der Waals surface area contributed by atoms with Crippen molar-refractivity contribution in [2.75, 3.05) is 6.54 Å². The molecule has 4 rings (SSSR count). The van der Waals surface area contributed by atoms with Crippen molar-refractivity contribution in [3.8, 4) is 12.3 Å². The maximum Gasteiger partial charge on any atom is 0.300 e. The number of nitrogens with zero attached hydrogens (tertiary/aromatic N) is 1. The minimum Gasteiger partial charge on any atom is -0.386 e. The van der Waals surface area contributed by atoms with Crippen molar-refractivity contribution in [2.45, 2.75) is 57.8 Å². The van der Waals surface area contributed by atoms with E-state index in [2.05, 4.69) is 23.1 Å². The van der Waals surface area contributed by atoms with Crippen LogP contribution in [0.25, 0.3) is 10.9 Å². The highest BCUT2D eigenvalue weighted by atomic mass is 19.1. The fourth-order valence-corrected chi connectivity index (χ4v) is 4.71. The molecule has 2 heterocycles. The lowest BCUT2D eigenvalue weighted by Crippen LogP contribution is -2.54. The van der Waals surface area contributed by atoms with Gasteiger partial charge in [0.2, 0.25) is 0 Å². The van der Waals surface area contributed by atoms with Gasteiger partial charge in [0.25, 0.3) is 5.91 Å². The van der Waals surface area contributed by atoms with E-state index in [9.17, 15) is 18.7 Å². The number of halogens is 2. The number of hydrogen-bond donors (Lipinski definition) is 3. The maximum atomic E-state index is 14.7. The van der Waals surface area contributed by atoms with Gasteiger partial charge < -0.3 is 15.0 Å². The molecular formula is C27H29F2N3O2. The molecule has 1 aliphatic heterocycles. The van der Waals surface area contributed by atoms with Gasteiger partial charge in [-0.3, -0.25) is 10.1 Å². The zero-order chi connectivity index (χ0) is 24.6. The van der Waals surface area contributed by atoms with E-state index >= 15 is 0 Å². The molecule has 1 aliphatic rings. The zero-order valence-electron chi connectivity index (χ0n) is 19.6. The molecule has 0 unspecified atom stereocenters. The predicted molar refractivity (Wildman–Crippen MR) is 128 cm³/mol. The zero-order valence-corrected chi connectivity index (χ0v) is 19.6. The molecule has 3 N–H and O–H groups in total. The van der Waals surface area contributed by atoms with E-state index in [1.54, 1.807) is 30.9 Å². The van der Waals surface area contributed by atoms with Crippen LogP contribution < -0.4 is 5.32 Å². The number of aliphatic hydroxyl groups is 1. The molecule has 2 aromatic carbocycles. The molecule has 0 spiro atoms. The van der Waals surface area contributed by atoms with Gasteiger partial charge in [-0.05, 0) is 55.5 Å². The first kappa shape index (κ1) is 23.9. The van der Waals surface area contributed by atoms with Crippen molar-refractivity contribution >= 4 is 16.8 Å². The number of carbonyl (C=O) groups excluding carboxylic acids is 1. The van der Waals surface area contributed by atoms with Gasteiger partial charge in [-0.2, -0.15) is 0 Å². The van der Waals surface area contributed by atoms with Crippen molar-refractivity contribution in [1.29, 1.82) is 0 Å². The van der Waals surface area contributed by atoms with Crippen molar-refractivity contribution in [3.63, 3.8) is 0 Å². The average molecular weight is 466 g/mol. The summed E-state index contributed by atoms with van der Waals surface area (Å²) in [5.74, 6) is 0.390. The minimum absolute atomic E-state index is 0.201. The molecule has 0 fully saturated rings. The summed E-state index contributed by atoms with van der Waals surface area (Å²) in [6.45, 7) is 6.12. The Morgan fingerprint density at radius 2 is 2.00 bits per heavy atom. The number of benzene rings is 2. The van der Waals surface area contributed by atoms with E-state index in [0.717, 1.165) is 30.0 Å². The number of hydrogen-bond acceptors (Lipinski definition) is 3. The van der Waals surface area contributed by atoms with Crippen molar-refractivity contribution in [3.05, 3.63) is 70.4 Å². The highest BCUT2D eigenvalue weighted by molar-refractivity contribution is 5.95. The lowest BCUT2D eigenvalue weighted by molar-refractivity contribution is -0.130. The normalized spacial score (nSPS) is 18.1. The molecule has 34 heavy (non-hydrogen) atoms. The first-order valence-electron chi connectivity index (χ1n) is 11.5. The third-order valence-electron chi connectivity index (χ3n) is 6.45. The van der Waals surface area contributed by atoms with Crippen LogP contribution >= 0.6 is 0 Å². The second kappa shape index (κ2) is 9.21. The summed E-state index contributed by atoms with van der Waals surface area (Å²) in [7, 11) is 0. The third kappa shape index (κ3) is 4.31. The summed E-state index contributed by atoms with van der Waals surface area (Å²) in [6, 6.07) is 8.78. The van der Waals surface area contributed by atoms with E-state index in [1.807, 2.05) is 12.1 Å². The lowest BCUT2D eigenvalue weighted by atomic mass is 9.88. The Hall–Kier alpha value is -3.21. The van der Waals surface area contributed by atoms with Crippen LogP contribution in [0.5, 0.6) is 0 Å². The Labute approximate surface area is 198 Å². The maximum absolute atomic E-state index is 14.7. The Balaban J connectivity index is 1.92. The molecule has 3 aromatic rings. The molecule has 0 bridgehead atoms. The summed E-state index contributed by atoms with van der Waals surface area (Å²) < 4.78 is 28.8. The van der Waals surface area contributed by atoms with E-state index in [-0.39, 0.29) is 5.52 Å². The van der Waals surface area contributed by atoms with Crippen molar-refractivity contribution < 1.29 is 18.7 Å². The van der Waals surface area contributed by atoms with E-state index < -0.39 is 35.4 Å². The number of rotatable bonds is 6. The number of carbonyl (C=O) groups is 1. The van der Waals surface area contributed by atoms with Crippen LogP contribution in [0.3, 0.4) is 0 Å². The number of amides is 1. The average Bonchev–Trinajstić information content (AvgIpc) is 3.16. The topological polar surface area (TPSA) is 68.4 Å². The van der Waals surface area contributed by atoms with Gasteiger partial charge in [0, 0.05) is 23.6 Å². The van der Waals surface area contributed by atoms with Crippen molar-refractivity contribution in [1.82, 2.24) is 15.2 Å². The number of aromatic nitrogens is 1. The molecule has 0 saturated heterocycles. The fraction of sp³-hybridized carbons (Fsp3) is 0.370. The molecule has 0 aliphatic carbocycles. The van der Waals surface area contributed by atoms with Gasteiger partial charge >= 0.3 is 0 Å². The van der Waals surface area contributed by atoms with Crippen LogP contribution in [0.1, 0.15) is 62.0 Å². The Bertz CT molecular complexity index is 1250. The van der Waals surface area contributed by atoms with Gasteiger partial charge in [-0.1, -0.05) is 37.6 Å². The monoisotopic (exact) mass is 465 g/mol. The van der Waals surface area contributed by atoms with Gasteiger partial charge in [-0.15, -0.1) is 6.42 Å². The highest BCUT2D eigenvalue weighted by Crippen LogP contribution is 2.41. The van der Waals surface area contributed by atoms with Crippen LogP contribution in [-0.4, -0.2) is 33.6 Å². The van der Waals surface area contributed by atoms with Crippen molar-refractivity contribution in [2.24, 2.45) is 0 Å². The number of fused-ring (bicyclic) bond motifs is 3. The van der Waals surface area contributed by atoms with Crippen LogP contribution in [0.2, 0.25) is 0 Å². The van der Waals surface area contributed by atoms with Crippen LogP contribution in [0.15, 0.2) is 36.4 Å². The van der Waals surface area contributed by atoms with Gasteiger partial charge in [0.15, 0.2) is 0 Å². The van der Waals surface area contributed by atoms with Crippen LogP contribution in [0, 0.1) is 24.0 Å². The largest absolute Gasteiger partial charge is 0.386 e. The molecule has 7 heteroatoms. The third-order valence-corrected chi connectivity index (χ3v) is 6.45. The molecule has 0 radical (unpaired) electrons. The second-order valence-electron chi connectivity index (χ2n) is 9.30. The molecule has 2 atom stereocenters. The standard InChI is InChI=1S/C27H29F2N3O2/c1-5-7-12-30-22-15-20-19-13-18(28)14-21(29)24(19)31-25(20)26(32(22)23(33)6-2)16-8-10-17(11-9-16)27(3,4)34/h2,8-11,13-14,22,26,30-31,34H,5,7,12,15H2,1,3-4H3/t22-,26+/m1/s1. The number of nitrogens with one attached hydrogen (secondary N) is 2. The molecule has 1 amide bonds. The number of terminal acetylenes is 1. The summed E-state index contributed by atoms with van der Waals surface area (Å²) in [6.07, 6.45) is 7.34. The lowest BCUT2D eigenvalue weighted by Gasteiger charge is -2.42. The molecular weight excluding hydrogens is 436 g/mol. The molecule has 0 saturated carbocycles. The van der Waals surface area contributed by atoms with Gasteiger partial charge in [0.1, 0.15) is 11.6 Å². The number of unbranched alkanes of at least 4 members (excludes halogenated alkanes) is 1. The summed E-state index contributed by atoms with van der Waals surface area (Å²) >= 11 is 0. The molecule has 1 aromatic heterocycles. The van der Waals surface area contributed by atoms with E-state index in [1.165, 1.54) is 6.07 Å². The van der Waals surface area contributed by atoms with Crippen LogP contribution in [-0.2, 0) is 16.8 Å². The summed E-state index contributed by atoms with van der Waals surface area (Å²) in [5, 5.41) is 14.2. The Morgan fingerprint density at radius 1 is 1.29 bits per heavy atom. The van der Waals surface area contributed by atoms with E-state index in [0.29, 0.717) is 29.6 Å². The highest BCUT2D eigenvalue weighted by Gasteiger charge is 2.40. The quantitative estimate of drug-likeness (QED) is 0.371. The van der Waals surface area contributed by atoms with Gasteiger partial charge in [0.05, 0.1) is 23.3 Å². The first-order chi connectivity index (χ1) is 16.2. The molecule has 178 valence electrons. The van der Waals surface area contributed by atoms with Crippen LogP contribution in [0.4, 0.5) is 8.78 Å². The minimum atomic E-state index is -1.03. The summed E-state index contributed by atoms with van der Waals surface area (Å²) in [4.78, 5) is 17.7. The van der Waals surface area contributed by atoms with E-state index in [4.69, 9.17) is 6.42 Å². The Kier molecular flexibility index (Phi) is 6.48. The summed E-state index contributed by atoms with van der Waals surface area (Å²) in [5.41, 5.74) is 1.98. The second-order valence-corrected chi connectivity index (χ2v) is 9.30.